The molecule has 0 amide bonds. The Bertz CT molecular complexity index is 524. The fourth-order valence-corrected chi connectivity index (χ4v) is 3.69. The van der Waals surface area contributed by atoms with Crippen molar-refractivity contribution in [1.82, 2.24) is 0 Å². The van der Waals surface area contributed by atoms with E-state index in [1.54, 1.807) is 11.1 Å². The third-order valence-corrected chi connectivity index (χ3v) is 4.51. The third kappa shape index (κ3) is 1.44. The van der Waals surface area contributed by atoms with E-state index in [1.165, 1.54) is 36.8 Å². The Hall–Kier alpha value is -1.34. The van der Waals surface area contributed by atoms with E-state index in [-0.39, 0.29) is 0 Å². The van der Waals surface area contributed by atoms with Gasteiger partial charge in [0.15, 0.2) is 0 Å². The summed E-state index contributed by atoms with van der Waals surface area (Å²) < 4.78 is 5.92. The Balaban J connectivity index is 1.81. The van der Waals surface area contributed by atoms with E-state index >= 15 is 0 Å². The fraction of sp³-hybridized carbons (Fsp3) is 0.412. The van der Waals surface area contributed by atoms with Crippen LogP contribution in [0.4, 0.5) is 0 Å². The summed E-state index contributed by atoms with van der Waals surface area (Å²) in [6.45, 7) is 0.933. The largest absolute Gasteiger partial charge is 0.373 e. The molecule has 1 heteroatoms. The highest BCUT2D eigenvalue weighted by Gasteiger charge is 2.46. The van der Waals surface area contributed by atoms with E-state index in [1.807, 2.05) is 0 Å². The first kappa shape index (κ1) is 10.6. The minimum absolute atomic E-state index is 0.379. The van der Waals surface area contributed by atoms with Crippen LogP contribution in [0.1, 0.15) is 31.2 Å². The Morgan fingerprint density at radius 1 is 1.06 bits per heavy atom. The average molecular weight is 238 g/mol. The minimum Gasteiger partial charge on any atom is -0.373 e. The molecule has 0 unspecified atom stereocenters. The second-order valence-corrected chi connectivity index (χ2v) is 5.50. The van der Waals surface area contributed by atoms with Crippen LogP contribution in [0.3, 0.4) is 0 Å². The van der Waals surface area contributed by atoms with E-state index in [4.69, 9.17) is 4.74 Å². The Morgan fingerprint density at radius 3 is 2.72 bits per heavy atom. The molecule has 1 aromatic rings. The van der Waals surface area contributed by atoms with Gasteiger partial charge in [-0.2, -0.15) is 0 Å². The quantitative estimate of drug-likeness (QED) is 0.757. The maximum Gasteiger partial charge on any atom is 0.0903 e. The Kier molecular flexibility index (Phi) is 2.41. The zero-order valence-corrected chi connectivity index (χ0v) is 10.6. The first-order valence-corrected chi connectivity index (χ1v) is 7.05. The van der Waals surface area contributed by atoms with Crippen LogP contribution in [-0.2, 0) is 4.74 Å². The zero-order chi connectivity index (χ0) is 11.9. The van der Waals surface area contributed by atoms with Crippen molar-refractivity contribution in [2.75, 3.05) is 6.61 Å². The van der Waals surface area contributed by atoms with Gasteiger partial charge in [-0.25, -0.2) is 0 Å². The maximum atomic E-state index is 5.92. The molecule has 1 aromatic carbocycles. The minimum atomic E-state index is 0.379. The lowest BCUT2D eigenvalue weighted by Crippen LogP contribution is -2.32. The molecule has 1 aliphatic heterocycles. The van der Waals surface area contributed by atoms with Crippen molar-refractivity contribution in [3.05, 3.63) is 53.1 Å². The van der Waals surface area contributed by atoms with E-state index in [0.29, 0.717) is 12.0 Å². The molecule has 0 aromatic heterocycles. The van der Waals surface area contributed by atoms with Gasteiger partial charge in [-0.05, 0) is 48.0 Å². The number of ether oxygens (including phenoxy) is 1. The van der Waals surface area contributed by atoms with Gasteiger partial charge in [0.05, 0.1) is 6.10 Å². The molecular weight excluding hydrogens is 220 g/mol. The molecule has 0 saturated carbocycles. The highest BCUT2D eigenvalue weighted by Crippen LogP contribution is 2.53. The number of hydrogen-bond acceptors (Lipinski definition) is 1. The zero-order valence-electron chi connectivity index (χ0n) is 10.6. The predicted octanol–water partition coefficient (Wildman–Crippen LogP) is 3.97. The van der Waals surface area contributed by atoms with Crippen LogP contribution in [0.25, 0.3) is 5.57 Å². The number of rotatable bonds is 2. The SMILES string of the molecule is C1=C(C2=C(c3ccccc3)[C@@H]3OCC[C@H]23)CCC1. The van der Waals surface area contributed by atoms with Gasteiger partial charge >= 0.3 is 0 Å². The van der Waals surface area contributed by atoms with E-state index in [9.17, 15) is 0 Å². The van der Waals surface area contributed by atoms with Gasteiger partial charge in [-0.1, -0.05) is 36.4 Å². The van der Waals surface area contributed by atoms with Crippen LogP contribution in [-0.4, -0.2) is 12.7 Å². The maximum absolute atomic E-state index is 5.92. The summed E-state index contributed by atoms with van der Waals surface area (Å²) in [5.74, 6) is 0.685. The van der Waals surface area contributed by atoms with Gasteiger partial charge < -0.3 is 4.74 Å². The molecule has 2 aliphatic carbocycles. The van der Waals surface area contributed by atoms with Crippen molar-refractivity contribution >= 4 is 5.57 Å². The van der Waals surface area contributed by atoms with Gasteiger partial charge in [-0.15, -0.1) is 0 Å². The van der Waals surface area contributed by atoms with Crippen molar-refractivity contribution in [3.8, 4) is 0 Å². The molecule has 4 rings (SSSR count). The fourth-order valence-electron chi connectivity index (χ4n) is 3.69. The third-order valence-electron chi connectivity index (χ3n) is 4.51. The second kappa shape index (κ2) is 4.10. The van der Waals surface area contributed by atoms with Crippen molar-refractivity contribution in [2.45, 2.75) is 31.8 Å². The van der Waals surface area contributed by atoms with E-state index < -0.39 is 0 Å². The highest BCUT2D eigenvalue weighted by molar-refractivity contribution is 5.83. The molecule has 0 bridgehead atoms. The van der Waals surface area contributed by atoms with Crippen molar-refractivity contribution in [3.63, 3.8) is 0 Å². The van der Waals surface area contributed by atoms with Crippen LogP contribution in [0.5, 0.6) is 0 Å². The second-order valence-electron chi connectivity index (χ2n) is 5.50. The standard InChI is InChI=1S/C17H18O/c1-2-6-13(7-3-1)16-15(12-8-4-5-9-12)14-10-11-18-17(14)16/h1-3,6-8,14,17H,4-5,9-11H2/t14-,17-/m1/s1. The average Bonchev–Trinajstić information content (AvgIpc) is 3.03. The molecule has 2 atom stereocenters. The molecule has 1 heterocycles. The first-order valence-electron chi connectivity index (χ1n) is 7.05. The van der Waals surface area contributed by atoms with Crippen LogP contribution in [0.2, 0.25) is 0 Å². The van der Waals surface area contributed by atoms with Crippen LogP contribution < -0.4 is 0 Å². The topological polar surface area (TPSA) is 9.23 Å². The normalized spacial score (nSPS) is 30.1. The summed E-state index contributed by atoms with van der Waals surface area (Å²) in [5, 5.41) is 0. The molecular formula is C17H18O. The summed E-state index contributed by atoms with van der Waals surface area (Å²) >= 11 is 0. The number of hydrogen-bond donors (Lipinski definition) is 0. The monoisotopic (exact) mass is 238 g/mol. The van der Waals surface area contributed by atoms with Crippen LogP contribution in [0.15, 0.2) is 47.6 Å². The van der Waals surface area contributed by atoms with Gasteiger partial charge in [0, 0.05) is 12.5 Å². The lowest BCUT2D eigenvalue weighted by Gasteiger charge is -2.38. The van der Waals surface area contributed by atoms with Crippen molar-refractivity contribution in [2.24, 2.45) is 5.92 Å². The molecule has 1 nitrogen and oxygen atoms in total. The molecule has 1 saturated heterocycles. The molecule has 0 spiro atoms. The summed E-state index contributed by atoms with van der Waals surface area (Å²) in [4.78, 5) is 0. The molecule has 18 heavy (non-hydrogen) atoms. The Labute approximate surface area is 108 Å². The van der Waals surface area contributed by atoms with Crippen molar-refractivity contribution in [1.29, 1.82) is 0 Å². The Morgan fingerprint density at radius 2 is 1.94 bits per heavy atom. The van der Waals surface area contributed by atoms with Crippen molar-refractivity contribution < 1.29 is 4.74 Å². The first-order chi connectivity index (χ1) is 8.95. The predicted molar refractivity (Wildman–Crippen MR) is 73.1 cm³/mol. The van der Waals surface area contributed by atoms with E-state index in [0.717, 1.165) is 6.61 Å². The van der Waals surface area contributed by atoms with Crippen LogP contribution in [0, 0.1) is 5.92 Å². The van der Waals surface area contributed by atoms with Crippen LogP contribution >= 0.6 is 0 Å². The summed E-state index contributed by atoms with van der Waals surface area (Å²) in [5.41, 5.74) is 6.08. The lowest BCUT2D eigenvalue weighted by atomic mass is 9.68. The molecule has 0 radical (unpaired) electrons. The highest BCUT2D eigenvalue weighted by atomic mass is 16.5. The van der Waals surface area contributed by atoms with Gasteiger partial charge in [0.1, 0.15) is 0 Å². The molecule has 92 valence electrons. The molecule has 1 fully saturated rings. The smallest absolute Gasteiger partial charge is 0.0903 e. The summed E-state index contributed by atoms with van der Waals surface area (Å²) in [6, 6.07) is 10.8. The summed E-state index contributed by atoms with van der Waals surface area (Å²) in [6.07, 6.45) is 7.91. The number of benzene rings is 1. The van der Waals surface area contributed by atoms with Gasteiger partial charge in [-0.3, -0.25) is 0 Å². The molecule has 0 N–H and O–H groups in total. The summed E-state index contributed by atoms with van der Waals surface area (Å²) in [7, 11) is 0. The van der Waals surface area contributed by atoms with Gasteiger partial charge in [0.25, 0.3) is 0 Å². The molecule has 3 aliphatic rings. The van der Waals surface area contributed by atoms with Gasteiger partial charge in [0.2, 0.25) is 0 Å². The number of allylic oxidation sites excluding steroid dienone is 2. The lowest BCUT2D eigenvalue weighted by molar-refractivity contribution is 0.130. The number of fused-ring (bicyclic) bond motifs is 1. The van der Waals surface area contributed by atoms with E-state index in [2.05, 4.69) is 36.4 Å².